The van der Waals surface area contributed by atoms with E-state index in [1.165, 1.54) is 11.1 Å². The molecule has 0 bridgehead atoms. The summed E-state index contributed by atoms with van der Waals surface area (Å²) < 4.78 is 0. The number of hydrogen-bond donors (Lipinski definition) is 0. The Balaban J connectivity index is 2.22. The third-order valence-corrected chi connectivity index (χ3v) is 3.37. The molecule has 3 atom stereocenters. The summed E-state index contributed by atoms with van der Waals surface area (Å²) in [5.74, 6) is 2.28. The lowest BCUT2D eigenvalue weighted by Gasteiger charge is -1.99. The molecule has 70 valence electrons. The van der Waals surface area contributed by atoms with Gasteiger partial charge >= 0.3 is 0 Å². The van der Waals surface area contributed by atoms with Crippen LogP contribution in [0.1, 0.15) is 20.8 Å². The second kappa shape index (κ2) is 3.13. The predicted octanol–water partition coefficient (Wildman–Crippen LogP) is 2.85. The van der Waals surface area contributed by atoms with Crippen LogP contribution in [0.15, 0.2) is 28.3 Å². The minimum atomic E-state index is 0.718. The summed E-state index contributed by atoms with van der Waals surface area (Å²) in [7, 11) is 0. The van der Waals surface area contributed by atoms with E-state index in [-0.39, 0.29) is 0 Å². The van der Waals surface area contributed by atoms with E-state index >= 15 is 0 Å². The quantitative estimate of drug-likeness (QED) is 0.537. The first-order valence-electron chi connectivity index (χ1n) is 5.04. The van der Waals surface area contributed by atoms with Crippen LogP contribution in [0.5, 0.6) is 0 Å². The van der Waals surface area contributed by atoms with Crippen molar-refractivity contribution in [2.24, 2.45) is 22.7 Å². The van der Waals surface area contributed by atoms with Crippen molar-refractivity contribution in [1.29, 1.82) is 0 Å². The molecule has 0 radical (unpaired) electrons. The second-order valence-corrected chi connectivity index (χ2v) is 4.33. The summed E-state index contributed by atoms with van der Waals surface area (Å²) >= 11 is 0. The van der Waals surface area contributed by atoms with Crippen LogP contribution in [0.2, 0.25) is 0 Å². The van der Waals surface area contributed by atoms with Crippen LogP contribution in [0, 0.1) is 17.8 Å². The monoisotopic (exact) mass is 175 g/mol. The molecule has 0 spiro atoms. The molecule has 1 aliphatic heterocycles. The smallest absolute Gasteiger partial charge is 0.0598 e. The Bertz CT molecular complexity index is 296. The molecule has 0 N–H and O–H groups in total. The molecule has 1 heterocycles. The summed E-state index contributed by atoms with van der Waals surface area (Å²) in [5.41, 5.74) is 2.78. The van der Waals surface area contributed by atoms with Crippen molar-refractivity contribution in [3.05, 3.63) is 23.3 Å². The Kier molecular flexibility index (Phi) is 2.10. The molecular formula is C12H17N. The van der Waals surface area contributed by atoms with Crippen molar-refractivity contribution in [3.63, 3.8) is 0 Å². The van der Waals surface area contributed by atoms with Gasteiger partial charge in [-0.1, -0.05) is 24.6 Å². The first-order valence-corrected chi connectivity index (χ1v) is 5.04. The van der Waals surface area contributed by atoms with Crippen LogP contribution in [0.25, 0.3) is 0 Å². The van der Waals surface area contributed by atoms with Crippen molar-refractivity contribution in [2.45, 2.75) is 20.8 Å². The fourth-order valence-electron chi connectivity index (χ4n) is 1.90. The van der Waals surface area contributed by atoms with Gasteiger partial charge in [-0.05, 0) is 31.3 Å². The minimum Gasteiger partial charge on any atom is -0.293 e. The molecule has 1 heteroatoms. The number of fused-ring (bicyclic) bond motifs is 1. The molecule has 1 aliphatic carbocycles. The van der Waals surface area contributed by atoms with E-state index in [4.69, 9.17) is 0 Å². The van der Waals surface area contributed by atoms with Crippen molar-refractivity contribution in [2.75, 3.05) is 6.54 Å². The maximum absolute atomic E-state index is 4.47. The lowest BCUT2D eigenvalue weighted by Crippen LogP contribution is -1.88. The van der Waals surface area contributed by atoms with E-state index < -0.39 is 0 Å². The van der Waals surface area contributed by atoms with Crippen molar-refractivity contribution in [1.82, 2.24) is 0 Å². The van der Waals surface area contributed by atoms with Crippen LogP contribution in [-0.4, -0.2) is 12.8 Å². The maximum atomic E-state index is 4.47. The largest absolute Gasteiger partial charge is 0.293 e. The van der Waals surface area contributed by atoms with E-state index in [2.05, 4.69) is 44.1 Å². The molecule has 0 aromatic rings. The number of hydrogen-bond acceptors (Lipinski definition) is 1. The molecule has 1 nitrogen and oxygen atoms in total. The van der Waals surface area contributed by atoms with Crippen molar-refractivity contribution >= 4 is 6.21 Å². The lowest BCUT2D eigenvalue weighted by atomic mass is 10.1. The number of aliphatic imine (C=N–C) groups is 1. The summed E-state index contributed by atoms with van der Waals surface area (Å²) in [6.45, 7) is 7.53. The maximum Gasteiger partial charge on any atom is 0.0598 e. The molecule has 1 fully saturated rings. The zero-order chi connectivity index (χ0) is 9.42. The van der Waals surface area contributed by atoms with E-state index in [1.54, 1.807) is 0 Å². The Hall–Kier alpha value is -0.850. The highest BCUT2D eigenvalue weighted by molar-refractivity contribution is 5.67. The summed E-state index contributed by atoms with van der Waals surface area (Å²) in [4.78, 5) is 4.47. The Morgan fingerprint density at radius 1 is 1.31 bits per heavy atom. The molecule has 0 aromatic heterocycles. The van der Waals surface area contributed by atoms with E-state index in [9.17, 15) is 0 Å². The van der Waals surface area contributed by atoms with Crippen LogP contribution < -0.4 is 0 Å². The highest BCUT2D eigenvalue weighted by Gasteiger charge is 2.43. The van der Waals surface area contributed by atoms with Crippen LogP contribution in [-0.2, 0) is 0 Å². The van der Waals surface area contributed by atoms with Gasteiger partial charge < -0.3 is 0 Å². The van der Waals surface area contributed by atoms with Crippen molar-refractivity contribution in [3.8, 4) is 0 Å². The van der Waals surface area contributed by atoms with Crippen LogP contribution >= 0.6 is 0 Å². The van der Waals surface area contributed by atoms with Gasteiger partial charge in [0.15, 0.2) is 0 Å². The van der Waals surface area contributed by atoms with Crippen molar-refractivity contribution < 1.29 is 0 Å². The van der Waals surface area contributed by atoms with Gasteiger partial charge in [-0.15, -0.1) is 0 Å². The fraction of sp³-hybridized carbons (Fsp3) is 0.583. The van der Waals surface area contributed by atoms with E-state index in [0.717, 1.165) is 24.3 Å². The fourth-order valence-corrected chi connectivity index (χ4v) is 1.90. The average molecular weight is 175 g/mol. The zero-order valence-corrected chi connectivity index (χ0v) is 8.62. The molecule has 0 aromatic carbocycles. The van der Waals surface area contributed by atoms with E-state index in [1.807, 2.05) is 0 Å². The number of nitrogens with zero attached hydrogens (tertiary/aromatic N) is 1. The molecule has 2 rings (SSSR count). The van der Waals surface area contributed by atoms with Gasteiger partial charge in [0.25, 0.3) is 0 Å². The molecule has 1 saturated carbocycles. The highest BCUT2D eigenvalue weighted by Crippen LogP contribution is 2.46. The third-order valence-electron chi connectivity index (χ3n) is 3.37. The Morgan fingerprint density at radius 2 is 2.08 bits per heavy atom. The first kappa shape index (κ1) is 8.74. The lowest BCUT2D eigenvalue weighted by molar-refractivity contribution is 0.889. The topological polar surface area (TPSA) is 12.4 Å². The average Bonchev–Trinajstić information content (AvgIpc) is 2.69. The summed E-state index contributed by atoms with van der Waals surface area (Å²) in [6.07, 6.45) is 6.78. The molecule has 2 aliphatic rings. The minimum absolute atomic E-state index is 0.718. The summed E-state index contributed by atoms with van der Waals surface area (Å²) in [6, 6.07) is 0. The standard InChI is InChI=1S/C12H17N/c1-8-4-5-11-10(3)12(11)7-13-6-9(8)2/h4-5,7,10-12H,6H2,1-3H3/t10?,11-,12?/m0/s1. The van der Waals surface area contributed by atoms with Gasteiger partial charge in [0.05, 0.1) is 6.54 Å². The molecule has 2 unspecified atom stereocenters. The molecule has 13 heavy (non-hydrogen) atoms. The number of allylic oxidation sites excluding steroid dienone is 3. The van der Waals surface area contributed by atoms with E-state index in [0.29, 0.717) is 0 Å². The van der Waals surface area contributed by atoms with Gasteiger partial charge in [-0.25, -0.2) is 0 Å². The highest BCUT2D eigenvalue weighted by atomic mass is 14.7. The molecular weight excluding hydrogens is 158 g/mol. The van der Waals surface area contributed by atoms with Crippen LogP contribution in [0.4, 0.5) is 0 Å². The first-order chi connectivity index (χ1) is 6.20. The molecule has 0 amide bonds. The molecule has 0 saturated heterocycles. The number of rotatable bonds is 0. The second-order valence-electron chi connectivity index (χ2n) is 4.33. The SMILES string of the molecule is CC1=C(C)CN=CC2C(C)[C@@H]2C=C1. The Morgan fingerprint density at radius 3 is 2.85 bits per heavy atom. The van der Waals surface area contributed by atoms with Crippen LogP contribution in [0.3, 0.4) is 0 Å². The predicted molar refractivity (Wildman–Crippen MR) is 57.0 cm³/mol. The van der Waals surface area contributed by atoms with Gasteiger partial charge in [0.2, 0.25) is 0 Å². The van der Waals surface area contributed by atoms with Gasteiger partial charge in [-0.2, -0.15) is 0 Å². The van der Waals surface area contributed by atoms with Gasteiger partial charge in [0, 0.05) is 12.1 Å². The van der Waals surface area contributed by atoms with Gasteiger partial charge in [0.1, 0.15) is 0 Å². The summed E-state index contributed by atoms with van der Waals surface area (Å²) in [5, 5.41) is 0. The Labute approximate surface area is 80.3 Å². The zero-order valence-electron chi connectivity index (χ0n) is 8.62. The van der Waals surface area contributed by atoms with Gasteiger partial charge in [-0.3, -0.25) is 4.99 Å². The normalized spacial score (nSPS) is 37.9. The third kappa shape index (κ3) is 1.60.